The van der Waals surface area contributed by atoms with Crippen LogP contribution in [0.15, 0.2) is 42.5 Å². The van der Waals surface area contributed by atoms with E-state index in [1.54, 1.807) is 0 Å². The first-order valence-electron chi connectivity index (χ1n) is 8.43. The lowest BCUT2D eigenvalue weighted by Crippen LogP contribution is -2.27. The molecule has 2 aromatic carbocycles. The van der Waals surface area contributed by atoms with Crippen LogP contribution in [0.4, 0.5) is 0 Å². The van der Waals surface area contributed by atoms with Crippen molar-refractivity contribution in [1.29, 1.82) is 0 Å². The number of carbonyl (C=O) groups is 1. The highest BCUT2D eigenvalue weighted by Gasteiger charge is 2.10. The molecule has 0 aliphatic carbocycles. The van der Waals surface area contributed by atoms with E-state index in [0.29, 0.717) is 13.0 Å². The van der Waals surface area contributed by atoms with Gasteiger partial charge in [0.15, 0.2) is 0 Å². The molecule has 1 aromatic heterocycles. The molecule has 3 rings (SSSR count). The highest BCUT2D eigenvalue weighted by Crippen LogP contribution is 2.23. The standard InChI is InChI=1S/C21H24N2O/c1-14-8-9-20-19(12-14)18(16(3)23-20)10-11-22-21(24)13-17-7-5-4-6-15(17)2/h4-9,12,23H,10-11,13H2,1-3H3,(H,22,24). The summed E-state index contributed by atoms with van der Waals surface area (Å²) >= 11 is 0. The molecule has 0 aliphatic rings. The van der Waals surface area contributed by atoms with Crippen LogP contribution in [0.3, 0.4) is 0 Å². The van der Waals surface area contributed by atoms with Gasteiger partial charge in [-0.05, 0) is 56.0 Å². The number of hydrogen-bond acceptors (Lipinski definition) is 1. The van der Waals surface area contributed by atoms with Gasteiger partial charge >= 0.3 is 0 Å². The van der Waals surface area contributed by atoms with Gasteiger partial charge in [0.1, 0.15) is 0 Å². The Hall–Kier alpha value is -2.55. The normalized spacial score (nSPS) is 11.0. The van der Waals surface area contributed by atoms with Crippen molar-refractivity contribution in [2.45, 2.75) is 33.6 Å². The summed E-state index contributed by atoms with van der Waals surface area (Å²) in [4.78, 5) is 15.6. The number of fused-ring (bicyclic) bond motifs is 1. The molecule has 0 fully saturated rings. The Bertz CT molecular complexity index is 877. The first kappa shape index (κ1) is 16.3. The quantitative estimate of drug-likeness (QED) is 0.733. The van der Waals surface area contributed by atoms with Crippen LogP contribution in [0.2, 0.25) is 0 Å². The first-order chi connectivity index (χ1) is 11.5. The Balaban J connectivity index is 1.62. The molecule has 3 heteroatoms. The van der Waals surface area contributed by atoms with E-state index in [2.05, 4.69) is 42.3 Å². The fourth-order valence-corrected chi connectivity index (χ4v) is 3.19. The second-order valence-electron chi connectivity index (χ2n) is 6.48. The van der Waals surface area contributed by atoms with Crippen LogP contribution in [0, 0.1) is 20.8 Å². The zero-order valence-corrected chi connectivity index (χ0v) is 14.6. The minimum Gasteiger partial charge on any atom is -0.358 e. The Labute approximate surface area is 143 Å². The molecule has 3 nitrogen and oxygen atoms in total. The minimum atomic E-state index is 0.0815. The molecule has 0 bridgehead atoms. The van der Waals surface area contributed by atoms with E-state index in [4.69, 9.17) is 0 Å². The number of amides is 1. The Morgan fingerprint density at radius 1 is 1.08 bits per heavy atom. The van der Waals surface area contributed by atoms with Gasteiger partial charge in [-0.25, -0.2) is 0 Å². The molecule has 1 amide bonds. The molecule has 0 saturated carbocycles. The second-order valence-corrected chi connectivity index (χ2v) is 6.48. The third kappa shape index (κ3) is 3.51. The summed E-state index contributed by atoms with van der Waals surface area (Å²) in [6.45, 7) is 6.90. The molecule has 124 valence electrons. The predicted octanol–water partition coefficient (Wildman–Crippen LogP) is 3.99. The summed E-state index contributed by atoms with van der Waals surface area (Å²) in [6, 6.07) is 14.5. The van der Waals surface area contributed by atoms with E-state index in [0.717, 1.165) is 17.5 Å². The number of nitrogens with one attached hydrogen (secondary N) is 2. The number of benzene rings is 2. The smallest absolute Gasteiger partial charge is 0.224 e. The van der Waals surface area contributed by atoms with Crippen molar-refractivity contribution in [2.24, 2.45) is 0 Å². The van der Waals surface area contributed by atoms with E-state index in [-0.39, 0.29) is 5.91 Å². The number of H-pyrrole nitrogens is 1. The van der Waals surface area contributed by atoms with Crippen LogP contribution in [0.25, 0.3) is 10.9 Å². The largest absolute Gasteiger partial charge is 0.358 e. The van der Waals surface area contributed by atoms with Crippen LogP contribution in [0.1, 0.15) is 27.9 Å². The second kappa shape index (κ2) is 6.91. The predicted molar refractivity (Wildman–Crippen MR) is 99.4 cm³/mol. The highest BCUT2D eigenvalue weighted by molar-refractivity contribution is 5.85. The third-order valence-corrected chi connectivity index (χ3v) is 4.58. The topological polar surface area (TPSA) is 44.9 Å². The van der Waals surface area contributed by atoms with Crippen LogP contribution in [-0.4, -0.2) is 17.4 Å². The molecule has 0 radical (unpaired) electrons. The van der Waals surface area contributed by atoms with Gasteiger partial charge in [0, 0.05) is 23.1 Å². The number of aromatic amines is 1. The lowest BCUT2D eigenvalue weighted by Gasteiger charge is -2.08. The molecule has 2 N–H and O–H groups in total. The van der Waals surface area contributed by atoms with E-state index < -0.39 is 0 Å². The Morgan fingerprint density at radius 3 is 2.67 bits per heavy atom. The number of hydrogen-bond donors (Lipinski definition) is 2. The number of aryl methyl sites for hydroxylation is 3. The van der Waals surface area contributed by atoms with E-state index in [1.807, 2.05) is 31.2 Å². The Morgan fingerprint density at radius 2 is 1.88 bits per heavy atom. The van der Waals surface area contributed by atoms with Gasteiger partial charge in [-0.2, -0.15) is 0 Å². The molecule has 0 atom stereocenters. The number of rotatable bonds is 5. The zero-order chi connectivity index (χ0) is 17.1. The summed E-state index contributed by atoms with van der Waals surface area (Å²) in [6.07, 6.45) is 1.29. The van der Waals surface area contributed by atoms with Crippen molar-refractivity contribution in [3.63, 3.8) is 0 Å². The minimum absolute atomic E-state index is 0.0815. The highest BCUT2D eigenvalue weighted by atomic mass is 16.1. The molecule has 1 heterocycles. The van der Waals surface area contributed by atoms with Crippen LogP contribution in [-0.2, 0) is 17.6 Å². The van der Waals surface area contributed by atoms with Gasteiger partial charge in [-0.15, -0.1) is 0 Å². The van der Waals surface area contributed by atoms with Crippen molar-refractivity contribution in [1.82, 2.24) is 10.3 Å². The van der Waals surface area contributed by atoms with Crippen LogP contribution < -0.4 is 5.32 Å². The van der Waals surface area contributed by atoms with Crippen molar-refractivity contribution in [3.05, 3.63) is 70.4 Å². The summed E-state index contributed by atoms with van der Waals surface area (Å²) in [5.74, 6) is 0.0815. The molecular formula is C21H24N2O. The van der Waals surface area contributed by atoms with E-state index in [1.165, 1.54) is 27.7 Å². The number of aromatic nitrogens is 1. The average Bonchev–Trinajstić information content (AvgIpc) is 2.85. The maximum absolute atomic E-state index is 12.2. The monoisotopic (exact) mass is 320 g/mol. The Kier molecular flexibility index (Phi) is 4.70. The summed E-state index contributed by atoms with van der Waals surface area (Å²) in [5, 5.41) is 4.31. The van der Waals surface area contributed by atoms with Gasteiger partial charge in [-0.1, -0.05) is 35.9 Å². The number of carbonyl (C=O) groups excluding carboxylic acids is 1. The maximum atomic E-state index is 12.2. The fraction of sp³-hybridized carbons (Fsp3) is 0.286. The average molecular weight is 320 g/mol. The van der Waals surface area contributed by atoms with Crippen LogP contribution in [0.5, 0.6) is 0 Å². The van der Waals surface area contributed by atoms with Gasteiger partial charge in [0.2, 0.25) is 5.91 Å². The first-order valence-corrected chi connectivity index (χ1v) is 8.43. The van der Waals surface area contributed by atoms with Crippen LogP contribution >= 0.6 is 0 Å². The molecule has 0 spiro atoms. The lowest BCUT2D eigenvalue weighted by molar-refractivity contribution is -0.120. The zero-order valence-electron chi connectivity index (χ0n) is 14.6. The maximum Gasteiger partial charge on any atom is 0.224 e. The summed E-state index contributed by atoms with van der Waals surface area (Å²) < 4.78 is 0. The van der Waals surface area contributed by atoms with E-state index in [9.17, 15) is 4.79 Å². The van der Waals surface area contributed by atoms with Crippen molar-refractivity contribution < 1.29 is 4.79 Å². The fourth-order valence-electron chi connectivity index (χ4n) is 3.19. The molecule has 0 aliphatic heterocycles. The van der Waals surface area contributed by atoms with Gasteiger partial charge < -0.3 is 10.3 Å². The lowest BCUT2D eigenvalue weighted by atomic mass is 10.0. The van der Waals surface area contributed by atoms with Crippen molar-refractivity contribution in [2.75, 3.05) is 6.54 Å². The molecule has 3 aromatic rings. The molecule has 24 heavy (non-hydrogen) atoms. The van der Waals surface area contributed by atoms with Gasteiger partial charge in [0.05, 0.1) is 6.42 Å². The van der Waals surface area contributed by atoms with Gasteiger partial charge in [0.25, 0.3) is 0 Å². The van der Waals surface area contributed by atoms with E-state index >= 15 is 0 Å². The van der Waals surface area contributed by atoms with Crippen molar-refractivity contribution in [3.8, 4) is 0 Å². The van der Waals surface area contributed by atoms with Gasteiger partial charge in [-0.3, -0.25) is 4.79 Å². The molecule has 0 saturated heterocycles. The molecule has 0 unspecified atom stereocenters. The molecular weight excluding hydrogens is 296 g/mol. The summed E-state index contributed by atoms with van der Waals surface area (Å²) in [5.41, 5.74) is 7.16. The van der Waals surface area contributed by atoms with Crippen molar-refractivity contribution >= 4 is 16.8 Å². The SMILES string of the molecule is Cc1ccc2[nH]c(C)c(CCNC(=O)Cc3ccccc3C)c2c1. The third-order valence-electron chi connectivity index (χ3n) is 4.58. The summed E-state index contributed by atoms with van der Waals surface area (Å²) in [7, 11) is 0.